The molecule has 16 heteroatoms. The highest BCUT2D eigenvalue weighted by molar-refractivity contribution is 7.91. The van der Waals surface area contributed by atoms with E-state index < -0.39 is 74.1 Å². The Labute approximate surface area is 295 Å². The minimum absolute atomic E-state index is 0.0243. The molecule has 0 bridgehead atoms. The number of aromatic nitrogens is 2. The standard InChI is InChI=1S/C34H44N6O8S2/c1-19-7-5-6-8-22-15-34(22,31(43)39-50(46,47)33(4)9-10-33)38-29(41)26-14-24(17-40(26)30(42)28(20(2)11-19)37-32(44)45)48-23-12-21(3)36-25(13-23)27-16-35-18-49-27/h6,8,12-13,16,18-20,22,24,26,28,37H,5,7,9-11,14-15,17H2,1-4H3,(H,38,41)(H,39,43)(H,44,45)/t19-,20+,22+,24+,26-,28-,34+/m0/s1. The highest BCUT2D eigenvalue weighted by Crippen LogP contribution is 2.47. The van der Waals surface area contributed by atoms with Crippen LogP contribution >= 0.6 is 11.3 Å². The van der Waals surface area contributed by atoms with Crippen molar-refractivity contribution in [2.45, 2.75) is 101 Å². The fraction of sp³-hybridized carbons (Fsp3) is 0.588. The summed E-state index contributed by atoms with van der Waals surface area (Å²) in [6.07, 6.45) is 6.53. The lowest BCUT2D eigenvalue weighted by Crippen LogP contribution is -2.59. The highest BCUT2D eigenvalue weighted by atomic mass is 32.2. The van der Waals surface area contributed by atoms with E-state index in [9.17, 15) is 32.7 Å². The predicted octanol–water partition coefficient (Wildman–Crippen LogP) is 3.38. The number of hydrogen-bond acceptors (Lipinski definition) is 10. The molecule has 4 aliphatic rings. The Morgan fingerprint density at radius 1 is 1.18 bits per heavy atom. The van der Waals surface area contributed by atoms with Crippen molar-refractivity contribution in [3.05, 3.63) is 41.7 Å². The minimum Gasteiger partial charge on any atom is -0.488 e. The van der Waals surface area contributed by atoms with Gasteiger partial charge in [-0.25, -0.2) is 13.2 Å². The van der Waals surface area contributed by atoms with Gasteiger partial charge in [0.25, 0.3) is 5.91 Å². The molecular weight excluding hydrogens is 685 g/mol. The number of hydrogen-bond donors (Lipinski definition) is 4. The third kappa shape index (κ3) is 7.36. The molecule has 2 saturated carbocycles. The summed E-state index contributed by atoms with van der Waals surface area (Å²) in [7, 11) is -3.99. The van der Waals surface area contributed by atoms with E-state index in [1.54, 1.807) is 30.8 Å². The molecule has 3 fully saturated rings. The molecule has 0 radical (unpaired) electrons. The molecule has 7 atom stereocenters. The van der Waals surface area contributed by atoms with Crippen LogP contribution in [0.5, 0.6) is 5.75 Å². The Kier molecular flexibility index (Phi) is 9.72. The van der Waals surface area contributed by atoms with E-state index in [1.807, 2.05) is 32.9 Å². The van der Waals surface area contributed by atoms with Gasteiger partial charge < -0.3 is 25.4 Å². The number of amides is 4. The summed E-state index contributed by atoms with van der Waals surface area (Å²) in [6.45, 7) is 7.23. The fourth-order valence-electron chi connectivity index (χ4n) is 7.10. The molecule has 2 aromatic heterocycles. The predicted molar refractivity (Wildman–Crippen MR) is 185 cm³/mol. The molecule has 4 N–H and O–H groups in total. The molecule has 4 heterocycles. The Morgan fingerprint density at radius 2 is 1.94 bits per heavy atom. The number of fused-ring (bicyclic) bond motifs is 2. The van der Waals surface area contributed by atoms with E-state index in [0.717, 1.165) is 11.3 Å². The molecule has 50 heavy (non-hydrogen) atoms. The Morgan fingerprint density at radius 3 is 2.62 bits per heavy atom. The first kappa shape index (κ1) is 35.8. The minimum atomic E-state index is -3.99. The van der Waals surface area contributed by atoms with Crippen LogP contribution in [-0.4, -0.2) is 87.2 Å². The second-order valence-corrected chi connectivity index (χ2v) is 17.7. The number of rotatable bonds is 7. The van der Waals surface area contributed by atoms with Gasteiger partial charge in [-0.15, -0.1) is 11.3 Å². The lowest BCUT2D eigenvalue weighted by atomic mass is 9.88. The monoisotopic (exact) mass is 728 g/mol. The molecule has 2 aliphatic heterocycles. The van der Waals surface area contributed by atoms with Gasteiger partial charge in [-0.1, -0.05) is 26.0 Å². The van der Waals surface area contributed by atoms with Crippen molar-refractivity contribution in [1.82, 2.24) is 30.2 Å². The zero-order chi connectivity index (χ0) is 36.0. The molecule has 6 rings (SSSR count). The van der Waals surface area contributed by atoms with Crippen molar-refractivity contribution in [1.29, 1.82) is 0 Å². The first-order chi connectivity index (χ1) is 23.6. The van der Waals surface area contributed by atoms with Gasteiger partial charge in [-0.3, -0.25) is 29.1 Å². The second kappa shape index (κ2) is 13.6. The van der Waals surface area contributed by atoms with Crippen LogP contribution in [0.25, 0.3) is 10.6 Å². The van der Waals surface area contributed by atoms with E-state index >= 15 is 0 Å². The van der Waals surface area contributed by atoms with Crippen molar-refractivity contribution in [3.8, 4) is 16.3 Å². The Bertz CT molecular complexity index is 1800. The summed E-state index contributed by atoms with van der Waals surface area (Å²) >= 11 is 1.42. The molecule has 0 unspecified atom stereocenters. The zero-order valence-corrected chi connectivity index (χ0v) is 30.2. The highest BCUT2D eigenvalue weighted by Gasteiger charge is 2.63. The quantitative estimate of drug-likeness (QED) is 0.307. The molecule has 4 amide bonds. The van der Waals surface area contributed by atoms with Crippen molar-refractivity contribution < 1.29 is 37.4 Å². The fourth-order valence-corrected chi connectivity index (χ4v) is 8.99. The zero-order valence-electron chi connectivity index (χ0n) is 28.5. The van der Waals surface area contributed by atoms with Crippen molar-refractivity contribution in [3.63, 3.8) is 0 Å². The molecule has 14 nitrogen and oxygen atoms in total. The lowest BCUT2D eigenvalue weighted by molar-refractivity contribution is -0.142. The Hall–Kier alpha value is -4.05. The van der Waals surface area contributed by atoms with Gasteiger partial charge in [0.2, 0.25) is 21.8 Å². The summed E-state index contributed by atoms with van der Waals surface area (Å²) in [5.41, 5.74) is 1.53. The molecule has 0 aromatic carbocycles. The van der Waals surface area contributed by atoms with Gasteiger partial charge >= 0.3 is 6.09 Å². The number of allylic oxidation sites excluding steroid dienone is 1. The summed E-state index contributed by atoms with van der Waals surface area (Å²) in [5.74, 6) is -2.25. The van der Waals surface area contributed by atoms with Crippen LogP contribution in [0.2, 0.25) is 0 Å². The normalized spacial score (nSPS) is 30.9. The number of carbonyl (C=O) groups is 4. The van der Waals surface area contributed by atoms with Crippen LogP contribution in [0.1, 0.15) is 71.4 Å². The number of ether oxygens (including phenoxy) is 1. The smallest absolute Gasteiger partial charge is 0.405 e. The lowest BCUT2D eigenvalue weighted by Gasteiger charge is -2.32. The number of carbonyl (C=O) groups excluding carboxylic acids is 3. The van der Waals surface area contributed by atoms with Crippen molar-refractivity contribution >= 4 is 45.2 Å². The molecule has 0 spiro atoms. The van der Waals surface area contributed by atoms with E-state index in [0.29, 0.717) is 42.8 Å². The molecule has 270 valence electrons. The number of thiazole rings is 1. The van der Waals surface area contributed by atoms with Crippen molar-refractivity contribution in [2.24, 2.45) is 17.8 Å². The average Bonchev–Trinajstić information content (AvgIpc) is 3.79. The molecule has 2 aromatic rings. The summed E-state index contributed by atoms with van der Waals surface area (Å²) in [4.78, 5) is 65.1. The van der Waals surface area contributed by atoms with E-state index in [2.05, 4.69) is 25.3 Å². The number of carboxylic acid groups (broad SMARTS) is 1. The number of nitrogens with zero attached hydrogens (tertiary/aromatic N) is 3. The van der Waals surface area contributed by atoms with Gasteiger partial charge in [-0.05, 0) is 64.2 Å². The van der Waals surface area contributed by atoms with Crippen LogP contribution in [0.4, 0.5) is 4.79 Å². The number of nitrogens with one attached hydrogen (secondary N) is 3. The van der Waals surface area contributed by atoms with Gasteiger partial charge in [0.1, 0.15) is 29.5 Å². The first-order valence-electron chi connectivity index (χ1n) is 17.0. The number of aryl methyl sites for hydroxylation is 1. The third-order valence-corrected chi connectivity index (χ3v) is 13.4. The van der Waals surface area contributed by atoms with E-state index in [4.69, 9.17) is 4.74 Å². The molecular formula is C34H44N6O8S2. The SMILES string of the molecule is Cc1cc(O[C@@H]2C[C@H]3C(=O)N[C@]4(C(=O)NS(=O)(=O)C5(C)CC5)C[C@H]4C=CCC[C@H](C)C[C@@H](C)[C@H](NC(=O)O)C(=O)N3C2)cc(-c2cncs2)n1. The maximum absolute atomic E-state index is 14.3. The summed E-state index contributed by atoms with van der Waals surface area (Å²) in [5, 5.41) is 15.0. The van der Waals surface area contributed by atoms with Crippen molar-refractivity contribution in [2.75, 3.05) is 6.54 Å². The maximum Gasteiger partial charge on any atom is 0.405 e. The number of sulfonamides is 1. The Balaban J connectivity index is 1.32. The number of pyridine rings is 1. The second-order valence-electron chi connectivity index (χ2n) is 14.6. The van der Waals surface area contributed by atoms with E-state index in [1.165, 1.54) is 16.2 Å². The molecule has 2 aliphatic carbocycles. The van der Waals surface area contributed by atoms with Gasteiger partial charge in [0.05, 0.1) is 27.4 Å². The average molecular weight is 729 g/mol. The summed E-state index contributed by atoms with van der Waals surface area (Å²) in [6, 6.07) is 1.25. The van der Waals surface area contributed by atoms with E-state index in [-0.39, 0.29) is 25.3 Å². The maximum atomic E-state index is 14.3. The van der Waals surface area contributed by atoms with Crippen LogP contribution in [0.15, 0.2) is 36.0 Å². The van der Waals surface area contributed by atoms with Gasteiger partial charge in [0.15, 0.2) is 0 Å². The summed E-state index contributed by atoms with van der Waals surface area (Å²) < 4.78 is 33.7. The van der Waals surface area contributed by atoms with Crippen LogP contribution in [0.3, 0.4) is 0 Å². The topological polar surface area (TPSA) is 197 Å². The largest absolute Gasteiger partial charge is 0.488 e. The van der Waals surface area contributed by atoms with Crippen LogP contribution in [0, 0.1) is 24.7 Å². The van der Waals surface area contributed by atoms with Gasteiger partial charge in [0, 0.05) is 36.4 Å². The first-order valence-corrected chi connectivity index (χ1v) is 19.4. The van der Waals surface area contributed by atoms with Crippen LogP contribution < -0.4 is 20.1 Å². The van der Waals surface area contributed by atoms with Crippen LogP contribution in [-0.2, 0) is 24.4 Å². The van der Waals surface area contributed by atoms with Gasteiger partial charge in [-0.2, -0.15) is 0 Å². The molecule has 1 saturated heterocycles. The third-order valence-electron chi connectivity index (χ3n) is 10.4.